The normalized spacial score (nSPS) is 19.9. The highest BCUT2D eigenvalue weighted by Gasteiger charge is 2.24. The Bertz CT molecular complexity index is 478. The van der Waals surface area contributed by atoms with Crippen molar-refractivity contribution in [3.8, 4) is 0 Å². The van der Waals surface area contributed by atoms with Gasteiger partial charge in [0.2, 0.25) is 0 Å². The summed E-state index contributed by atoms with van der Waals surface area (Å²) in [6.45, 7) is 5.69. The van der Waals surface area contributed by atoms with Crippen LogP contribution in [0.3, 0.4) is 0 Å². The molecule has 1 aliphatic rings. The van der Waals surface area contributed by atoms with Crippen molar-refractivity contribution in [2.45, 2.75) is 19.1 Å². The van der Waals surface area contributed by atoms with Gasteiger partial charge < -0.3 is 10.6 Å². The standard InChI is InChI=1S/C13H17BrN2OS/c1-8-7-16(3-4-18-8)13(17)11-5-10(14)6-12(15)9(11)2/h5-6,8H,3-4,7,15H2,1-2H3. The first kappa shape index (κ1) is 13.7. The van der Waals surface area contributed by atoms with Gasteiger partial charge >= 0.3 is 0 Å². The van der Waals surface area contributed by atoms with Crippen molar-refractivity contribution in [1.29, 1.82) is 0 Å². The van der Waals surface area contributed by atoms with E-state index >= 15 is 0 Å². The molecule has 1 unspecified atom stereocenters. The Labute approximate surface area is 120 Å². The number of nitrogens with zero attached hydrogens (tertiary/aromatic N) is 1. The summed E-state index contributed by atoms with van der Waals surface area (Å²) in [5.74, 6) is 1.10. The Balaban J connectivity index is 2.28. The van der Waals surface area contributed by atoms with Crippen LogP contribution in [-0.2, 0) is 0 Å². The molecule has 0 saturated carbocycles. The van der Waals surface area contributed by atoms with Crippen molar-refractivity contribution in [2.24, 2.45) is 0 Å². The summed E-state index contributed by atoms with van der Waals surface area (Å²) in [6, 6.07) is 3.70. The minimum absolute atomic E-state index is 0.0904. The van der Waals surface area contributed by atoms with Crippen LogP contribution in [0.5, 0.6) is 0 Å². The summed E-state index contributed by atoms with van der Waals surface area (Å²) in [5.41, 5.74) is 8.15. The molecule has 1 aromatic rings. The third-order valence-corrected chi connectivity index (χ3v) is 4.77. The molecular formula is C13H17BrN2OS. The molecule has 1 fully saturated rings. The van der Waals surface area contributed by atoms with E-state index in [1.54, 1.807) is 0 Å². The smallest absolute Gasteiger partial charge is 0.254 e. The molecular weight excluding hydrogens is 312 g/mol. The van der Waals surface area contributed by atoms with Gasteiger partial charge in [0.05, 0.1) is 0 Å². The number of thioether (sulfide) groups is 1. The summed E-state index contributed by atoms with van der Waals surface area (Å²) in [6.07, 6.45) is 0. The van der Waals surface area contributed by atoms with Crippen molar-refractivity contribution >= 4 is 39.3 Å². The van der Waals surface area contributed by atoms with Crippen LogP contribution in [0.2, 0.25) is 0 Å². The predicted octanol–water partition coefficient (Wildman–Crippen LogP) is 2.92. The average molecular weight is 329 g/mol. The summed E-state index contributed by atoms with van der Waals surface area (Å²) in [7, 11) is 0. The van der Waals surface area contributed by atoms with Gasteiger partial charge in [0.15, 0.2) is 0 Å². The number of hydrogen-bond donors (Lipinski definition) is 1. The van der Waals surface area contributed by atoms with Gasteiger partial charge in [-0.25, -0.2) is 0 Å². The van der Waals surface area contributed by atoms with Gasteiger partial charge in [-0.2, -0.15) is 11.8 Å². The van der Waals surface area contributed by atoms with Crippen LogP contribution >= 0.6 is 27.7 Å². The summed E-state index contributed by atoms with van der Waals surface area (Å²) in [5, 5.41) is 0.507. The number of carbonyl (C=O) groups is 1. The first-order valence-electron chi connectivity index (χ1n) is 5.95. The highest BCUT2D eigenvalue weighted by atomic mass is 79.9. The molecule has 0 aromatic heterocycles. The van der Waals surface area contributed by atoms with Gasteiger partial charge in [0, 0.05) is 39.8 Å². The summed E-state index contributed by atoms with van der Waals surface area (Å²) < 4.78 is 0.855. The Kier molecular flexibility index (Phi) is 4.22. The molecule has 1 aliphatic heterocycles. The molecule has 2 N–H and O–H groups in total. The Hall–Kier alpha value is -0.680. The number of halogens is 1. The van der Waals surface area contributed by atoms with Crippen LogP contribution < -0.4 is 5.73 Å². The van der Waals surface area contributed by atoms with Crippen LogP contribution in [0, 0.1) is 6.92 Å². The van der Waals surface area contributed by atoms with E-state index in [0.29, 0.717) is 16.5 Å². The molecule has 1 saturated heterocycles. The van der Waals surface area contributed by atoms with E-state index in [2.05, 4.69) is 22.9 Å². The van der Waals surface area contributed by atoms with Gasteiger partial charge in [-0.05, 0) is 24.6 Å². The lowest BCUT2D eigenvalue weighted by Gasteiger charge is -2.31. The Morgan fingerprint density at radius 1 is 1.56 bits per heavy atom. The monoisotopic (exact) mass is 328 g/mol. The number of nitrogens with two attached hydrogens (primary N) is 1. The molecule has 3 nitrogen and oxygen atoms in total. The third-order valence-electron chi connectivity index (χ3n) is 3.17. The molecule has 0 bridgehead atoms. The number of hydrogen-bond acceptors (Lipinski definition) is 3. The average Bonchev–Trinajstić information content (AvgIpc) is 2.33. The molecule has 5 heteroatoms. The molecule has 1 atom stereocenters. The molecule has 1 heterocycles. The lowest BCUT2D eigenvalue weighted by molar-refractivity contribution is 0.0762. The molecule has 0 aliphatic carbocycles. The zero-order valence-corrected chi connectivity index (χ0v) is 13.0. The zero-order valence-electron chi connectivity index (χ0n) is 10.6. The number of carbonyl (C=O) groups excluding carboxylic acids is 1. The molecule has 98 valence electrons. The van der Waals surface area contributed by atoms with E-state index < -0.39 is 0 Å². The topological polar surface area (TPSA) is 46.3 Å². The van der Waals surface area contributed by atoms with Crippen molar-refractivity contribution in [3.63, 3.8) is 0 Å². The Morgan fingerprint density at radius 2 is 2.28 bits per heavy atom. The molecule has 0 radical (unpaired) electrons. The maximum Gasteiger partial charge on any atom is 0.254 e. The number of rotatable bonds is 1. The molecule has 18 heavy (non-hydrogen) atoms. The van der Waals surface area contributed by atoms with Crippen molar-refractivity contribution in [2.75, 3.05) is 24.6 Å². The van der Waals surface area contributed by atoms with E-state index in [0.717, 1.165) is 28.9 Å². The lowest BCUT2D eigenvalue weighted by Crippen LogP contribution is -2.41. The van der Waals surface area contributed by atoms with Crippen molar-refractivity contribution in [3.05, 3.63) is 27.7 Å². The summed E-state index contributed by atoms with van der Waals surface area (Å²) >= 11 is 5.31. The van der Waals surface area contributed by atoms with Gasteiger partial charge in [0.1, 0.15) is 0 Å². The van der Waals surface area contributed by atoms with E-state index in [1.165, 1.54) is 0 Å². The second kappa shape index (κ2) is 5.53. The Morgan fingerprint density at radius 3 is 2.94 bits per heavy atom. The zero-order chi connectivity index (χ0) is 13.3. The molecule has 0 spiro atoms. The fraction of sp³-hybridized carbons (Fsp3) is 0.462. The highest BCUT2D eigenvalue weighted by Crippen LogP contribution is 2.26. The van der Waals surface area contributed by atoms with Crippen LogP contribution in [0.4, 0.5) is 5.69 Å². The summed E-state index contributed by atoms with van der Waals surface area (Å²) in [4.78, 5) is 14.4. The largest absolute Gasteiger partial charge is 0.398 e. The third kappa shape index (κ3) is 2.83. The lowest BCUT2D eigenvalue weighted by atomic mass is 10.1. The highest BCUT2D eigenvalue weighted by molar-refractivity contribution is 9.10. The maximum atomic E-state index is 12.5. The van der Waals surface area contributed by atoms with Gasteiger partial charge in [-0.3, -0.25) is 4.79 Å². The first-order chi connectivity index (χ1) is 8.49. The van der Waals surface area contributed by atoms with Gasteiger partial charge in [-0.15, -0.1) is 0 Å². The van der Waals surface area contributed by atoms with Crippen LogP contribution in [0.25, 0.3) is 0 Å². The molecule has 1 aromatic carbocycles. The van der Waals surface area contributed by atoms with Crippen LogP contribution in [0.15, 0.2) is 16.6 Å². The van der Waals surface area contributed by atoms with Crippen LogP contribution in [0.1, 0.15) is 22.8 Å². The van der Waals surface area contributed by atoms with Crippen LogP contribution in [-0.4, -0.2) is 34.9 Å². The minimum atomic E-state index is 0.0904. The number of nitrogen functional groups attached to an aromatic ring is 1. The second-order valence-corrected chi connectivity index (χ2v) is 7.06. The SMILES string of the molecule is Cc1c(N)cc(Br)cc1C(=O)N1CCSC(C)C1. The number of benzene rings is 1. The van der Waals surface area contributed by atoms with E-state index in [4.69, 9.17) is 5.73 Å². The van der Waals surface area contributed by atoms with E-state index in [-0.39, 0.29) is 5.91 Å². The van der Waals surface area contributed by atoms with E-state index in [9.17, 15) is 4.79 Å². The fourth-order valence-corrected chi connectivity index (χ4v) is 3.58. The van der Waals surface area contributed by atoms with Crippen molar-refractivity contribution < 1.29 is 4.79 Å². The van der Waals surface area contributed by atoms with Crippen molar-refractivity contribution in [1.82, 2.24) is 4.90 Å². The van der Waals surface area contributed by atoms with Gasteiger partial charge in [-0.1, -0.05) is 22.9 Å². The maximum absolute atomic E-state index is 12.5. The second-order valence-electron chi connectivity index (χ2n) is 4.60. The van der Waals surface area contributed by atoms with Gasteiger partial charge in [0.25, 0.3) is 5.91 Å². The number of amides is 1. The fourth-order valence-electron chi connectivity index (χ4n) is 2.10. The first-order valence-corrected chi connectivity index (χ1v) is 7.79. The molecule has 1 amide bonds. The molecule has 2 rings (SSSR count). The number of anilines is 1. The predicted molar refractivity (Wildman–Crippen MR) is 81.1 cm³/mol. The quantitative estimate of drug-likeness (QED) is 0.806. The van der Waals surface area contributed by atoms with E-state index in [1.807, 2.05) is 35.7 Å². The minimum Gasteiger partial charge on any atom is -0.398 e.